The summed E-state index contributed by atoms with van der Waals surface area (Å²) in [6, 6.07) is 21.4. The highest BCUT2D eigenvalue weighted by Gasteiger charge is 2.31. The number of nitrogens with one attached hydrogen (secondary N) is 1. The molecule has 0 bridgehead atoms. The number of hydrogen-bond acceptors (Lipinski definition) is 3. The van der Waals surface area contributed by atoms with Crippen molar-refractivity contribution in [1.82, 2.24) is 10.2 Å². The Balaban J connectivity index is 1.56. The van der Waals surface area contributed by atoms with Crippen molar-refractivity contribution in [3.63, 3.8) is 0 Å². The largest absolute Gasteiger partial charge is 0.481 e. The van der Waals surface area contributed by atoms with Crippen LogP contribution in [0.1, 0.15) is 48.6 Å². The molecule has 1 heterocycles. The fourth-order valence-electron chi connectivity index (χ4n) is 4.40. The molecule has 5 nitrogen and oxygen atoms in total. The zero-order valence-electron chi connectivity index (χ0n) is 19.5. The Morgan fingerprint density at radius 3 is 2.50 bits per heavy atom. The molecule has 0 saturated heterocycles. The van der Waals surface area contributed by atoms with Gasteiger partial charge in [-0.1, -0.05) is 55.5 Å². The number of carbonyl (C=O) groups is 2. The molecule has 0 spiro atoms. The average molecular weight is 461 g/mol. The van der Waals surface area contributed by atoms with Gasteiger partial charge >= 0.3 is 0 Å². The van der Waals surface area contributed by atoms with E-state index in [2.05, 4.69) is 5.32 Å². The van der Waals surface area contributed by atoms with Crippen molar-refractivity contribution in [3.8, 4) is 5.75 Å². The molecule has 1 aliphatic heterocycles. The summed E-state index contributed by atoms with van der Waals surface area (Å²) in [5.74, 6) is 0.0269. The zero-order valence-corrected chi connectivity index (χ0v) is 19.5. The summed E-state index contributed by atoms with van der Waals surface area (Å²) < 4.78 is 19.7. The molecule has 176 valence electrons. The van der Waals surface area contributed by atoms with E-state index in [9.17, 15) is 14.0 Å². The molecule has 0 saturated carbocycles. The van der Waals surface area contributed by atoms with Crippen molar-refractivity contribution < 1.29 is 18.7 Å². The lowest BCUT2D eigenvalue weighted by Gasteiger charge is -2.37. The van der Waals surface area contributed by atoms with E-state index in [-0.39, 0.29) is 23.7 Å². The third-order valence-corrected chi connectivity index (χ3v) is 6.19. The highest BCUT2D eigenvalue weighted by molar-refractivity contribution is 5.81. The summed E-state index contributed by atoms with van der Waals surface area (Å²) in [7, 11) is 0. The average Bonchev–Trinajstić information content (AvgIpc) is 2.86. The maximum atomic E-state index is 13.6. The molecular weight excluding hydrogens is 431 g/mol. The topological polar surface area (TPSA) is 58.6 Å². The van der Waals surface area contributed by atoms with Crippen molar-refractivity contribution in [1.29, 1.82) is 0 Å². The van der Waals surface area contributed by atoms with Crippen LogP contribution in [0.25, 0.3) is 0 Å². The predicted octanol–water partition coefficient (Wildman–Crippen LogP) is 4.79. The first-order valence-electron chi connectivity index (χ1n) is 11.6. The van der Waals surface area contributed by atoms with E-state index in [0.717, 1.165) is 28.7 Å². The second-order valence-electron chi connectivity index (χ2n) is 8.50. The number of hydrogen-bond donors (Lipinski definition) is 1. The van der Waals surface area contributed by atoms with Gasteiger partial charge in [-0.3, -0.25) is 9.59 Å². The van der Waals surface area contributed by atoms with Gasteiger partial charge in [0.2, 0.25) is 5.91 Å². The Labute approximate surface area is 199 Å². The molecule has 0 aromatic heterocycles. The van der Waals surface area contributed by atoms with Crippen LogP contribution in [0.2, 0.25) is 0 Å². The van der Waals surface area contributed by atoms with Gasteiger partial charge in [-0.05, 0) is 59.4 Å². The lowest BCUT2D eigenvalue weighted by Crippen LogP contribution is -2.39. The standard InChI is InChI=1S/C28H29FN2O3/c1-3-26(28(33)30-18-20-7-5-4-6-8-20)34-24-14-11-21-15-16-31(19(2)32)27(25(21)17-24)22-9-12-23(29)13-10-22/h4-14,17,26-27H,3,15-16,18H2,1-2H3,(H,30,33)/t26-,27-/m0/s1. The van der Waals surface area contributed by atoms with Crippen LogP contribution in [0.3, 0.4) is 0 Å². The van der Waals surface area contributed by atoms with Gasteiger partial charge in [0.25, 0.3) is 5.91 Å². The van der Waals surface area contributed by atoms with Crippen LogP contribution in [0, 0.1) is 5.82 Å². The zero-order chi connectivity index (χ0) is 24.1. The molecule has 1 N–H and O–H groups in total. The van der Waals surface area contributed by atoms with Crippen LogP contribution in [-0.4, -0.2) is 29.4 Å². The van der Waals surface area contributed by atoms with Crippen LogP contribution in [0.5, 0.6) is 5.75 Å². The number of amides is 2. The summed E-state index contributed by atoms with van der Waals surface area (Å²) in [4.78, 5) is 27.0. The molecule has 0 radical (unpaired) electrons. The van der Waals surface area contributed by atoms with Gasteiger partial charge in [0.1, 0.15) is 11.6 Å². The summed E-state index contributed by atoms with van der Waals surface area (Å²) in [6.07, 6.45) is 0.596. The molecular formula is C28H29FN2O3. The maximum Gasteiger partial charge on any atom is 0.261 e. The van der Waals surface area contributed by atoms with Crippen molar-refractivity contribution in [3.05, 3.63) is 101 Å². The van der Waals surface area contributed by atoms with Gasteiger partial charge in [0, 0.05) is 20.0 Å². The first-order valence-corrected chi connectivity index (χ1v) is 11.6. The van der Waals surface area contributed by atoms with Crippen LogP contribution < -0.4 is 10.1 Å². The monoisotopic (exact) mass is 460 g/mol. The minimum absolute atomic E-state index is 0.0435. The van der Waals surface area contributed by atoms with Gasteiger partial charge < -0.3 is 15.0 Å². The smallest absolute Gasteiger partial charge is 0.261 e. The van der Waals surface area contributed by atoms with Crippen molar-refractivity contribution in [2.75, 3.05) is 6.54 Å². The fraction of sp³-hybridized carbons (Fsp3) is 0.286. The van der Waals surface area contributed by atoms with Gasteiger partial charge in [0.05, 0.1) is 6.04 Å². The van der Waals surface area contributed by atoms with E-state index in [1.807, 2.05) is 55.5 Å². The minimum Gasteiger partial charge on any atom is -0.481 e. The molecule has 0 aliphatic carbocycles. The number of carbonyl (C=O) groups excluding carboxylic acids is 2. The van der Waals surface area contributed by atoms with E-state index in [4.69, 9.17) is 4.74 Å². The Kier molecular flexibility index (Phi) is 7.26. The molecule has 1 aliphatic rings. The normalized spacial score (nSPS) is 15.9. The summed E-state index contributed by atoms with van der Waals surface area (Å²) in [6.45, 7) is 4.48. The number of nitrogens with zero attached hydrogens (tertiary/aromatic N) is 1. The van der Waals surface area contributed by atoms with E-state index in [1.54, 1.807) is 24.0 Å². The second kappa shape index (κ2) is 10.5. The summed E-state index contributed by atoms with van der Waals surface area (Å²) >= 11 is 0. The van der Waals surface area contributed by atoms with Gasteiger partial charge in [-0.2, -0.15) is 0 Å². The molecule has 4 rings (SSSR count). The Hall–Kier alpha value is -3.67. The first kappa shape index (κ1) is 23.5. The van der Waals surface area contributed by atoms with E-state index in [1.165, 1.54) is 12.1 Å². The maximum absolute atomic E-state index is 13.6. The van der Waals surface area contributed by atoms with E-state index < -0.39 is 6.10 Å². The quantitative estimate of drug-likeness (QED) is 0.551. The number of rotatable bonds is 7. The molecule has 2 amide bonds. The van der Waals surface area contributed by atoms with Crippen LogP contribution in [0.4, 0.5) is 4.39 Å². The minimum atomic E-state index is -0.640. The van der Waals surface area contributed by atoms with Gasteiger partial charge in [-0.15, -0.1) is 0 Å². The number of fused-ring (bicyclic) bond motifs is 1. The Morgan fingerprint density at radius 1 is 1.09 bits per heavy atom. The SMILES string of the molecule is CC[C@H](Oc1ccc2c(c1)[C@H](c1ccc(F)cc1)N(C(C)=O)CC2)C(=O)NCc1ccccc1. The predicted molar refractivity (Wildman–Crippen MR) is 129 cm³/mol. The van der Waals surface area contributed by atoms with Gasteiger partial charge in [0.15, 0.2) is 6.10 Å². The molecule has 0 fully saturated rings. The lowest BCUT2D eigenvalue weighted by molar-refractivity contribution is -0.131. The molecule has 0 unspecified atom stereocenters. The highest BCUT2D eigenvalue weighted by Crippen LogP contribution is 2.37. The number of ether oxygens (including phenoxy) is 1. The summed E-state index contributed by atoms with van der Waals surface area (Å²) in [5, 5.41) is 2.94. The molecule has 6 heteroatoms. The Bertz CT molecular complexity index is 1150. The second-order valence-corrected chi connectivity index (χ2v) is 8.50. The fourth-order valence-corrected chi connectivity index (χ4v) is 4.40. The van der Waals surface area contributed by atoms with Crippen LogP contribution in [-0.2, 0) is 22.6 Å². The third kappa shape index (κ3) is 5.28. The van der Waals surface area contributed by atoms with Crippen LogP contribution >= 0.6 is 0 Å². The van der Waals surface area contributed by atoms with Crippen LogP contribution in [0.15, 0.2) is 72.8 Å². The first-order chi connectivity index (χ1) is 16.5. The van der Waals surface area contributed by atoms with Crippen molar-refractivity contribution in [2.24, 2.45) is 0 Å². The molecule has 34 heavy (non-hydrogen) atoms. The van der Waals surface area contributed by atoms with Gasteiger partial charge in [-0.25, -0.2) is 4.39 Å². The number of halogens is 1. The van der Waals surface area contributed by atoms with E-state index in [0.29, 0.717) is 25.3 Å². The molecule has 2 atom stereocenters. The number of benzene rings is 3. The third-order valence-electron chi connectivity index (χ3n) is 6.19. The Morgan fingerprint density at radius 2 is 1.82 bits per heavy atom. The molecule has 3 aromatic rings. The van der Waals surface area contributed by atoms with Crippen molar-refractivity contribution in [2.45, 2.75) is 45.4 Å². The summed E-state index contributed by atoms with van der Waals surface area (Å²) in [5.41, 5.74) is 3.90. The lowest BCUT2D eigenvalue weighted by atomic mass is 9.88. The molecule has 3 aromatic carbocycles. The van der Waals surface area contributed by atoms with E-state index >= 15 is 0 Å². The highest BCUT2D eigenvalue weighted by atomic mass is 19.1. The van der Waals surface area contributed by atoms with Crippen molar-refractivity contribution >= 4 is 11.8 Å².